The van der Waals surface area contributed by atoms with Crippen LogP contribution in [0, 0.1) is 6.92 Å². The number of benzene rings is 1. The number of hydrogen-bond donors (Lipinski definition) is 2. The summed E-state index contributed by atoms with van der Waals surface area (Å²) in [6.07, 6.45) is 0. The van der Waals surface area contributed by atoms with Crippen molar-refractivity contribution in [1.29, 1.82) is 0 Å². The standard InChI is InChI=1S/C12H16N2O5S/c1-8-4-5-9(6-10(8)12(16)17)20(18,19)13-7-11(15)14(2)3/h4-6,13H,7H2,1-3H3,(H,16,17). The van der Waals surface area contributed by atoms with Gasteiger partial charge in [-0.05, 0) is 24.6 Å². The van der Waals surface area contributed by atoms with Crippen molar-refractivity contribution in [2.45, 2.75) is 11.8 Å². The summed E-state index contributed by atoms with van der Waals surface area (Å²) in [6, 6.07) is 3.77. The molecule has 110 valence electrons. The fraction of sp³-hybridized carbons (Fsp3) is 0.333. The van der Waals surface area contributed by atoms with E-state index in [1.807, 2.05) is 0 Å². The fourth-order valence-corrected chi connectivity index (χ4v) is 2.40. The van der Waals surface area contributed by atoms with E-state index in [-0.39, 0.29) is 17.0 Å². The predicted molar refractivity (Wildman–Crippen MR) is 72.0 cm³/mol. The van der Waals surface area contributed by atoms with Crippen molar-refractivity contribution in [3.8, 4) is 0 Å². The van der Waals surface area contributed by atoms with Gasteiger partial charge in [0.25, 0.3) is 0 Å². The van der Waals surface area contributed by atoms with Crippen LogP contribution in [0.1, 0.15) is 15.9 Å². The number of carbonyl (C=O) groups is 2. The highest BCUT2D eigenvalue weighted by Crippen LogP contribution is 2.15. The highest BCUT2D eigenvalue weighted by molar-refractivity contribution is 7.89. The first-order chi connectivity index (χ1) is 9.15. The van der Waals surface area contributed by atoms with Crippen LogP contribution in [-0.4, -0.2) is 50.9 Å². The van der Waals surface area contributed by atoms with E-state index < -0.39 is 21.9 Å². The molecule has 0 bridgehead atoms. The lowest BCUT2D eigenvalue weighted by atomic mass is 10.1. The predicted octanol–water partition coefficient (Wildman–Crippen LogP) is 0.0597. The quantitative estimate of drug-likeness (QED) is 0.800. The van der Waals surface area contributed by atoms with E-state index in [0.29, 0.717) is 5.56 Å². The van der Waals surface area contributed by atoms with E-state index in [1.165, 1.54) is 31.1 Å². The molecule has 0 radical (unpaired) electrons. The van der Waals surface area contributed by atoms with Gasteiger partial charge in [0.1, 0.15) is 0 Å². The number of aromatic carboxylic acids is 1. The third-order valence-electron chi connectivity index (χ3n) is 2.66. The Morgan fingerprint density at radius 3 is 2.40 bits per heavy atom. The van der Waals surface area contributed by atoms with Crippen molar-refractivity contribution in [3.05, 3.63) is 29.3 Å². The molecule has 0 aliphatic heterocycles. The van der Waals surface area contributed by atoms with Crippen LogP contribution in [0.15, 0.2) is 23.1 Å². The number of carbonyl (C=O) groups excluding carboxylic acids is 1. The zero-order valence-corrected chi connectivity index (χ0v) is 12.2. The first-order valence-corrected chi connectivity index (χ1v) is 7.17. The van der Waals surface area contributed by atoms with Gasteiger partial charge in [-0.15, -0.1) is 0 Å². The average Bonchev–Trinajstić information content (AvgIpc) is 2.35. The van der Waals surface area contributed by atoms with Crippen LogP contribution in [0.5, 0.6) is 0 Å². The van der Waals surface area contributed by atoms with E-state index in [9.17, 15) is 18.0 Å². The zero-order valence-electron chi connectivity index (χ0n) is 11.4. The molecule has 1 amide bonds. The number of amides is 1. The van der Waals surface area contributed by atoms with Gasteiger partial charge in [-0.1, -0.05) is 6.07 Å². The molecule has 0 aromatic heterocycles. The van der Waals surface area contributed by atoms with Gasteiger partial charge >= 0.3 is 5.97 Å². The second-order valence-electron chi connectivity index (χ2n) is 4.39. The summed E-state index contributed by atoms with van der Waals surface area (Å²) in [5, 5.41) is 8.97. The van der Waals surface area contributed by atoms with E-state index in [1.54, 1.807) is 6.92 Å². The molecule has 0 heterocycles. The lowest BCUT2D eigenvalue weighted by molar-refractivity contribution is -0.127. The minimum atomic E-state index is -3.92. The number of likely N-dealkylation sites (N-methyl/N-ethyl adjacent to an activating group) is 1. The number of hydrogen-bond acceptors (Lipinski definition) is 4. The summed E-state index contributed by atoms with van der Waals surface area (Å²) < 4.78 is 26.1. The van der Waals surface area contributed by atoms with Crippen molar-refractivity contribution in [2.75, 3.05) is 20.6 Å². The van der Waals surface area contributed by atoms with Crippen LogP contribution in [0.4, 0.5) is 0 Å². The summed E-state index contributed by atoms with van der Waals surface area (Å²) in [5.74, 6) is -1.61. The molecule has 0 aliphatic carbocycles. The van der Waals surface area contributed by atoms with Gasteiger partial charge in [0.15, 0.2) is 0 Å². The molecular weight excluding hydrogens is 284 g/mol. The highest BCUT2D eigenvalue weighted by Gasteiger charge is 2.19. The van der Waals surface area contributed by atoms with Gasteiger partial charge in [0, 0.05) is 14.1 Å². The number of sulfonamides is 1. The Morgan fingerprint density at radius 1 is 1.30 bits per heavy atom. The van der Waals surface area contributed by atoms with Crippen molar-refractivity contribution < 1.29 is 23.1 Å². The van der Waals surface area contributed by atoms with E-state index in [0.717, 1.165) is 6.07 Å². The van der Waals surface area contributed by atoms with Crippen molar-refractivity contribution in [3.63, 3.8) is 0 Å². The van der Waals surface area contributed by atoms with Crippen LogP contribution in [-0.2, 0) is 14.8 Å². The minimum absolute atomic E-state index is 0.0909. The Bertz CT molecular complexity index is 637. The number of nitrogens with zero attached hydrogens (tertiary/aromatic N) is 1. The SMILES string of the molecule is Cc1ccc(S(=O)(=O)NCC(=O)N(C)C)cc1C(=O)O. The number of nitrogens with one attached hydrogen (secondary N) is 1. The number of aryl methyl sites for hydroxylation is 1. The van der Waals surface area contributed by atoms with Crippen LogP contribution < -0.4 is 4.72 Å². The molecule has 1 aromatic rings. The Balaban J connectivity index is 3.02. The normalized spacial score (nSPS) is 11.2. The van der Waals surface area contributed by atoms with Gasteiger partial charge in [0.05, 0.1) is 17.0 Å². The topological polar surface area (TPSA) is 104 Å². The molecular formula is C12H16N2O5S. The fourth-order valence-electron chi connectivity index (χ4n) is 1.40. The molecule has 0 atom stereocenters. The van der Waals surface area contributed by atoms with Crippen LogP contribution in [0.25, 0.3) is 0 Å². The molecule has 0 saturated heterocycles. The lowest BCUT2D eigenvalue weighted by Crippen LogP contribution is -2.36. The Morgan fingerprint density at radius 2 is 1.90 bits per heavy atom. The summed E-state index contributed by atoms with van der Waals surface area (Å²) in [4.78, 5) is 23.4. The van der Waals surface area contributed by atoms with Crippen molar-refractivity contribution >= 4 is 21.9 Å². The van der Waals surface area contributed by atoms with E-state index in [2.05, 4.69) is 4.72 Å². The molecule has 7 nitrogen and oxygen atoms in total. The molecule has 2 N–H and O–H groups in total. The van der Waals surface area contributed by atoms with E-state index >= 15 is 0 Å². The molecule has 1 rings (SSSR count). The molecule has 0 unspecified atom stereocenters. The first kappa shape index (κ1) is 16.1. The maximum absolute atomic E-state index is 12.0. The summed E-state index contributed by atoms with van der Waals surface area (Å²) in [6.45, 7) is 1.19. The lowest BCUT2D eigenvalue weighted by Gasteiger charge is -2.12. The molecule has 0 fully saturated rings. The number of carboxylic acid groups (broad SMARTS) is 1. The zero-order chi connectivity index (χ0) is 15.5. The largest absolute Gasteiger partial charge is 0.478 e. The van der Waals surface area contributed by atoms with Crippen LogP contribution in [0.3, 0.4) is 0 Å². The Labute approximate surface area is 117 Å². The number of rotatable bonds is 5. The van der Waals surface area contributed by atoms with Gasteiger partial charge in [-0.2, -0.15) is 0 Å². The highest BCUT2D eigenvalue weighted by atomic mass is 32.2. The second kappa shape index (κ2) is 6.02. The molecule has 1 aromatic carbocycles. The van der Waals surface area contributed by atoms with Crippen molar-refractivity contribution in [2.24, 2.45) is 0 Å². The minimum Gasteiger partial charge on any atom is -0.478 e. The van der Waals surface area contributed by atoms with Gasteiger partial charge in [-0.25, -0.2) is 17.9 Å². The van der Waals surface area contributed by atoms with Crippen molar-refractivity contribution in [1.82, 2.24) is 9.62 Å². The summed E-state index contributed by atoms with van der Waals surface area (Å²) >= 11 is 0. The summed E-state index contributed by atoms with van der Waals surface area (Å²) in [7, 11) is -0.912. The third-order valence-corrected chi connectivity index (χ3v) is 4.06. The average molecular weight is 300 g/mol. The third kappa shape index (κ3) is 3.78. The van der Waals surface area contributed by atoms with Gasteiger partial charge in [-0.3, -0.25) is 4.79 Å². The van der Waals surface area contributed by atoms with Gasteiger partial charge in [0.2, 0.25) is 15.9 Å². The molecule has 8 heteroatoms. The maximum atomic E-state index is 12.0. The molecule has 0 aliphatic rings. The Kier molecular flexibility index (Phi) is 4.85. The van der Waals surface area contributed by atoms with Crippen LogP contribution in [0.2, 0.25) is 0 Å². The van der Waals surface area contributed by atoms with Crippen LogP contribution >= 0.6 is 0 Å². The molecule has 0 saturated carbocycles. The smallest absolute Gasteiger partial charge is 0.335 e. The first-order valence-electron chi connectivity index (χ1n) is 5.69. The molecule has 20 heavy (non-hydrogen) atoms. The number of carboxylic acids is 1. The maximum Gasteiger partial charge on any atom is 0.335 e. The Hall–Kier alpha value is -1.93. The monoisotopic (exact) mass is 300 g/mol. The van der Waals surface area contributed by atoms with E-state index in [4.69, 9.17) is 5.11 Å². The second-order valence-corrected chi connectivity index (χ2v) is 6.16. The molecule has 0 spiro atoms. The van der Waals surface area contributed by atoms with Gasteiger partial charge < -0.3 is 10.0 Å². The summed E-state index contributed by atoms with van der Waals surface area (Å²) in [5.41, 5.74) is 0.368.